The molecule has 2 fully saturated rings. The van der Waals surface area contributed by atoms with Gasteiger partial charge in [0.1, 0.15) is 0 Å². The van der Waals surface area contributed by atoms with Crippen LogP contribution in [0.2, 0.25) is 0 Å². The molecule has 11 nitrogen and oxygen atoms in total. The highest BCUT2D eigenvalue weighted by molar-refractivity contribution is 6.05. The number of aliphatic hydroxyl groups is 1. The summed E-state index contributed by atoms with van der Waals surface area (Å²) in [4.78, 5) is 50.4. The number of aromatic nitrogens is 2. The Morgan fingerprint density at radius 1 is 0.854 bits per heavy atom. The molecular weight excluding hydrogens is 606 g/mol. The minimum Gasteiger partial charge on any atom is -0.395 e. The van der Waals surface area contributed by atoms with Crippen molar-refractivity contribution in [1.82, 2.24) is 19.4 Å². The zero-order chi connectivity index (χ0) is 33.6. The van der Waals surface area contributed by atoms with Crippen molar-refractivity contribution in [3.8, 4) is 11.3 Å². The van der Waals surface area contributed by atoms with E-state index in [9.17, 15) is 14.4 Å². The largest absolute Gasteiger partial charge is 0.395 e. The Bertz CT molecular complexity index is 1810. The lowest BCUT2D eigenvalue weighted by atomic mass is 10.0. The quantitative estimate of drug-likeness (QED) is 0.243. The number of aryl methyl sites for hydroxylation is 1. The molecule has 0 saturated carbocycles. The molecule has 0 unspecified atom stereocenters. The summed E-state index contributed by atoms with van der Waals surface area (Å²) in [5.41, 5.74) is 5.48. The highest BCUT2D eigenvalue weighted by Crippen LogP contribution is 2.29. The molecule has 250 valence electrons. The Kier molecular flexibility index (Phi) is 10.2. The van der Waals surface area contributed by atoms with Crippen molar-refractivity contribution >= 4 is 34.7 Å². The molecule has 0 atom stereocenters. The van der Waals surface area contributed by atoms with Gasteiger partial charge in [0, 0.05) is 92.8 Å². The van der Waals surface area contributed by atoms with E-state index in [0.29, 0.717) is 47.8 Å². The molecule has 0 radical (unpaired) electrons. The van der Waals surface area contributed by atoms with Crippen molar-refractivity contribution in [2.75, 3.05) is 68.0 Å². The number of piperazine rings is 1. The number of rotatable bonds is 9. The molecule has 2 saturated heterocycles. The molecule has 1 aromatic heterocycles. The van der Waals surface area contributed by atoms with E-state index < -0.39 is 0 Å². The summed E-state index contributed by atoms with van der Waals surface area (Å²) in [6, 6.07) is 20.4. The monoisotopic (exact) mass is 649 g/mol. The van der Waals surface area contributed by atoms with Gasteiger partial charge in [0.15, 0.2) is 5.82 Å². The maximum Gasteiger partial charge on any atom is 0.293 e. The summed E-state index contributed by atoms with van der Waals surface area (Å²) in [5.74, 6) is -0.0861. The van der Waals surface area contributed by atoms with Gasteiger partial charge in [0.25, 0.3) is 17.4 Å². The third kappa shape index (κ3) is 7.42. The van der Waals surface area contributed by atoms with Crippen LogP contribution in [0.5, 0.6) is 0 Å². The van der Waals surface area contributed by atoms with Crippen LogP contribution in [0.25, 0.3) is 11.3 Å². The fourth-order valence-corrected chi connectivity index (χ4v) is 6.37. The van der Waals surface area contributed by atoms with E-state index in [0.717, 1.165) is 43.0 Å². The van der Waals surface area contributed by atoms with Gasteiger partial charge >= 0.3 is 0 Å². The summed E-state index contributed by atoms with van der Waals surface area (Å²) in [7, 11) is 1.68. The predicted octanol–water partition coefficient (Wildman–Crippen LogP) is 4.49. The number of benzene rings is 3. The number of nitrogens with zero attached hydrogens (tertiary/aromatic N) is 5. The van der Waals surface area contributed by atoms with Crippen molar-refractivity contribution < 1.29 is 14.7 Å². The molecule has 0 spiro atoms. The van der Waals surface area contributed by atoms with E-state index in [-0.39, 0.29) is 29.8 Å². The van der Waals surface area contributed by atoms with E-state index in [4.69, 9.17) is 5.11 Å². The third-order valence-electron chi connectivity index (χ3n) is 9.25. The van der Waals surface area contributed by atoms with Crippen LogP contribution in [0.4, 0.5) is 22.9 Å². The van der Waals surface area contributed by atoms with Gasteiger partial charge in [-0.2, -0.15) is 0 Å². The minimum atomic E-state index is -0.297. The van der Waals surface area contributed by atoms with Crippen molar-refractivity contribution in [2.45, 2.75) is 26.2 Å². The Balaban J connectivity index is 1.15. The standard InChI is InChI=1S/C37H43N7O4/c1-26-31(7-6-8-32(26)40-35(46)27-11-15-30(16-12-27)43-17-4-3-5-18-43)33-25-41(2)37(48)34(39-33)38-29-13-9-28(10-14-29)36(47)44-21-19-42(20-22-44)23-24-45/h6-16,25,45H,3-5,17-24H2,1-2H3,(H,38,39)(H,40,46). The summed E-state index contributed by atoms with van der Waals surface area (Å²) in [6.45, 7) is 7.45. The zero-order valence-electron chi connectivity index (χ0n) is 27.6. The number of anilines is 4. The lowest BCUT2D eigenvalue weighted by Crippen LogP contribution is -2.49. The Labute approximate surface area is 280 Å². The minimum absolute atomic E-state index is 0.0434. The van der Waals surface area contributed by atoms with Crippen LogP contribution in [-0.4, -0.2) is 88.7 Å². The Morgan fingerprint density at radius 2 is 1.54 bits per heavy atom. The fraction of sp³-hybridized carbons (Fsp3) is 0.351. The maximum atomic E-state index is 13.2. The van der Waals surface area contributed by atoms with Gasteiger partial charge in [-0.3, -0.25) is 19.3 Å². The Hall–Kier alpha value is -5.00. The molecular formula is C37H43N7O4. The van der Waals surface area contributed by atoms with Crippen LogP contribution < -0.4 is 21.1 Å². The van der Waals surface area contributed by atoms with E-state index in [1.807, 2.05) is 54.3 Å². The summed E-state index contributed by atoms with van der Waals surface area (Å²) in [5, 5.41) is 15.4. The van der Waals surface area contributed by atoms with Crippen LogP contribution in [-0.2, 0) is 7.05 Å². The predicted molar refractivity (Wildman–Crippen MR) is 189 cm³/mol. The fourth-order valence-electron chi connectivity index (χ4n) is 6.37. The summed E-state index contributed by atoms with van der Waals surface area (Å²) < 4.78 is 1.48. The topological polar surface area (TPSA) is 123 Å². The highest BCUT2D eigenvalue weighted by atomic mass is 16.3. The number of amides is 2. The molecule has 3 N–H and O–H groups in total. The van der Waals surface area contributed by atoms with Crippen molar-refractivity contribution in [1.29, 1.82) is 0 Å². The van der Waals surface area contributed by atoms with E-state index in [2.05, 4.69) is 25.4 Å². The summed E-state index contributed by atoms with van der Waals surface area (Å²) in [6.07, 6.45) is 5.34. The number of nitrogens with one attached hydrogen (secondary N) is 2. The number of carbonyl (C=O) groups is 2. The summed E-state index contributed by atoms with van der Waals surface area (Å²) >= 11 is 0. The van der Waals surface area contributed by atoms with E-state index >= 15 is 0 Å². The van der Waals surface area contributed by atoms with Crippen LogP contribution in [0.3, 0.4) is 0 Å². The second kappa shape index (κ2) is 14.8. The number of hydrogen-bond acceptors (Lipinski definition) is 8. The molecule has 3 heterocycles. The van der Waals surface area contributed by atoms with E-state index in [1.54, 1.807) is 37.5 Å². The zero-order valence-corrected chi connectivity index (χ0v) is 27.6. The van der Waals surface area contributed by atoms with Crippen LogP contribution in [0.15, 0.2) is 77.7 Å². The highest BCUT2D eigenvalue weighted by Gasteiger charge is 2.22. The van der Waals surface area contributed by atoms with E-state index in [1.165, 1.54) is 23.8 Å². The number of aliphatic hydroxyl groups excluding tert-OH is 1. The second-order valence-corrected chi connectivity index (χ2v) is 12.5. The first-order valence-electron chi connectivity index (χ1n) is 16.6. The molecule has 0 aliphatic carbocycles. The first-order valence-corrected chi connectivity index (χ1v) is 16.6. The van der Waals surface area contributed by atoms with Gasteiger partial charge < -0.3 is 30.1 Å². The molecule has 2 aliphatic rings. The number of carbonyl (C=O) groups excluding carboxylic acids is 2. The number of hydrogen-bond donors (Lipinski definition) is 3. The molecule has 2 amide bonds. The van der Waals surface area contributed by atoms with Gasteiger partial charge in [0.2, 0.25) is 0 Å². The molecule has 6 rings (SSSR count). The average molecular weight is 650 g/mol. The number of piperidine rings is 1. The average Bonchev–Trinajstić information content (AvgIpc) is 3.12. The molecule has 11 heteroatoms. The van der Waals surface area contributed by atoms with Gasteiger partial charge in [0.05, 0.1) is 12.3 Å². The Morgan fingerprint density at radius 3 is 2.23 bits per heavy atom. The van der Waals surface area contributed by atoms with Crippen LogP contribution in [0.1, 0.15) is 45.5 Å². The second-order valence-electron chi connectivity index (χ2n) is 12.5. The molecule has 2 aliphatic heterocycles. The van der Waals surface area contributed by atoms with Gasteiger partial charge in [-0.1, -0.05) is 12.1 Å². The smallest absolute Gasteiger partial charge is 0.293 e. The van der Waals surface area contributed by atoms with Gasteiger partial charge in [-0.15, -0.1) is 0 Å². The van der Waals surface area contributed by atoms with Gasteiger partial charge in [-0.25, -0.2) is 4.98 Å². The maximum absolute atomic E-state index is 13.2. The van der Waals surface area contributed by atoms with Gasteiger partial charge in [-0.05, 0) is 86.3 Å². The third-order valence-corrected chi connectivity index (χ3v) is 9.25. The normalized spacial score (nSPS) is 15.3. The molecule has 4 aromatic rings. The molecule has 3 aromatic carbocycles. The van der Waals surface area contributed by atoms with Crippen molar-refractivity contribution in [3.05, 3.63) is 100.0 Å². The SMILES string of the molecule is Cc1c(NC(=O)c2ccc(N3CCCCC3)cc2)cccc1-c1cn(C)c(=O)c(Nc2ccc(C(=O)N3CCN(CCO)CC3)cc2)n1. The van der Waals surface area contributed by atoms with Crippen molar-refractivity contribution in [2.24, 2.45) is 7.05 Å². The first kappa shape index (κ1) is 32.9. The lowest BCUT2D eigenvalue weighted by Gasteiger charge is -2.34. The lowest BCUT2D eigenvalue weighted by molar-refractivity contribution is 0.0615. The number of β-amino-alcohol motifs (C(OH)–C–C–N with tert-alkyl or cyclic N) is 1. The molecule has 48 heavy (non-hydrogen) atoms. The van der Waals surface area contributed by atoms with Crippen LogP contribution >= 0.6 is 0 Å². The van der Waals surface area contributed by atoms with Crippen molar-refractivity contribution in [3.63, 3.8) is 0 Å². The van der Waals surface area contributed by atoms with Crippen LogP contribution in [0, 0.1) is 6.92 Å². The first-order chi connectivity index (χ1) is 23.3. The molecule has 0 bridgehead atoms.